The molecule has 0 saturated heterocycles. The maximum absolute atomic E-state index is 12.0. The van der Waals surface area contributed by atoms with Crippen molar-refractivity contribution >= 4 is 45.0 Å². The second-order valence-corrected chi connectivity index (χ2v) is 5.96. The SMILES string of the molecule is Cc1ccc(Cl)cc1NC(=O)CNC(=O)c1ccccc1Br. The molecule has 2 rings (SSSR count). The van der Waals surface area contributed by atoms with Gasteiger partial charge in [-0.1, -0.05) is 29.8 Å². The van der Waals surface area contributed by atoms with Crippen LogP contribution in [0.1, 0.15) is 15.9 Å². The Morgan fingerprint density at radius 1 is 1.18 bits per heavy atom. The van der Waals surface area contributed by atoms with Crippen LogP contribution in [-0.4, -0.2) is 18.4 Å². The van der Waals surface area contributed by atoms with Gasteiger partial charge in [-0.25, -0.2) is 0 Å². The first-order valence-corrected chi connectivity index (χ1v) is 7.73. The van der Waals surface area contributed by atoms with Crippen LogP contribution < -0.4 is 10.6 Å². The fourth-order valence-electron chi connectivity index (χ4n) is 1.82. The summed E-state index contributed by atoms with van der Waals surface area (Å²) >= 11 is 9.20. The molecule has 0 aliphatic heterocycles. The monoisotopic (exact) mass is 380 g/mol. The summed E-state index contributed by atoms with van der Waals surface area (Å²) < 4.78 is 0.679. The van der Waals surface area contributed by atoms with Crippen LogP contribution in [-0.2, 0) is 4.79 Å². The third-order valence-electron chi connectivity index (χ3n) is 3.00. The minimum Gasteiger partial charge on any atom is -0.343 e. The Morgan fingerprint density at radius 2 is 1.91 bits per heavy atom. The molecular weight excluding hydrogens is 368 g/mol. The first-order valence-electron chi connectivity index (χ1n) is 6.56. The quantitative estimate of drug-likeness (QED) is 0.847. The maximum Gasteiger partial charge on any atom is 0.252 e. The van der Waals surface area contributed by atoms with Crippen molar-refractivity contribution < 1.29 is 9.59 Å². The number of hydrogen-bond donors (Lipinski definition) is 2. The summed E-state index contributed by atoms with van der Waals surface area (Å²) in [5.41, 5.74) is 2.01. The van der Waals surface area contributed by atoms with Crippen molar-refractivity contribution in [1.29, 1.82) is 0 Å². The van der Waals surface area contributed by atoms with Gasteiger partial charge in [-0.05, 0) is 52.7 Å². The van der Waals surface area contributed by atoms with Gasteiger partial charge >= 0.3 is 0 Å². The van der Waals surface area contributed by atoms with Crippen LogP contribution in [0.25, 0.3) is 0 Å². The highest BCUT2D eigenvalue weighted by molar-refractivity contribution is 9.10. The molecule has 0 heterocycles. The number of amides is 2. The minimum atomic E-state index is -0.314. The highest BCUT2D eigenvalue weighted by Crippen LogP contribution is 2.20. The molecule has 0 fully saturated rings. The van der Waals surface area contributed by atoms with E-state index in [0.29, 0.717) is 20.7 Å². The van der Waals surface area contributed by atoms with Crippen molar-refractivity contribution in [1.82, 2.24) is 5.32 Å². The van der Waals surface area contributed by atoms with Gasteiger partial charge in [0.15, 0.2) is 0 Å². The molecule has 0 aromatic heterocycles. The number of benzene rings is 2. The first kappa shape index (κ1) is 16.5. The predicted octanol–water partition coefficient (Wildman–Crippen LogP) is 3.78. The van der Waals surface area contributed by atoms with Crippen molar-refractivity contribution in [3.8, 4) is 0 Å². The molecule has 2 N–H and O–H groups in total. The lowest BCUT2D eigenvalue weighted by Crippen LogP contribution is -2.33. The van der Waals surface area contributed by atoms with Gasteiger partial charge in [0.2, 0.25) is 5.91 Å². The van der Waals surface area contributed by atoms with Crippen LogP contribution in [0.3, 0.4) is 0 Å². The molecule has 22 heavy (non-hydrogen) atoms. The predicted molar refractivity (Wildman–Crippen MR) is 91.3 cm³/mol. The first-order chi connectivity index (χ1) is 10.5. The van der Waals surface area contributed by atoms with E-state index in [9.17, 15) is 9.59 Å². The summed E-state index contributed by atoms with van der Waals surface area (Å²) in [5.74, 6) is -0.629. The zero-order valence-corrected chi connectivity index (χ0v) is 14.2. The molecule has 0 atom stereocenters. The largest absolute Gasteiger partial charge is 0.343 e. The molecular formula is C16H14BrClN2O2. The van der Waals surface area contributed by atoms with Crippen molar-refractivity contribution in [3.63, 3.8) is 0 Å². The van der Waals surface area contributed by atoms with E-state index in [4.69, 9.17) is 11.6 Å². The number of halogens is 2. The second kappa shape index (κ2) is 7.42. The fraction of sp³-hybridized carbons (Fsp3) is 0.125. The number of carbonyl (C=O) groups excluding carboxylic acids is 2. The van der Waals surface area contributed by atoms with Crippen LogP contribution in [0.2, 0.25) is 5.02 Å². The zero-order chi connectivity index (χ0) is 16.1. The fourth-order valence-corrected chi connectivity index (χ4v) is 2.46. The molecule has 0 spiro atoms. The van der Waals surface area contributed by atoms with Crippen molar-refractivity contribution in [3.05, 3.63) is 63.1 Å². The summed E-state index contributed by atoms with van der Waals surface area (Å²) in [6.07, 6.45) is 0. The number of hydrogen-bond acceptors (Lipinski definition) is 2. The molecule has 114 valence electrons. The zero-order valence-electron chi connectivity index (χ0n) is 11.8. The Kier molecular flexibility index (Phi) is 5.57. The Bertz CT molecular complexity index is 719. The number of carbonyl (C=O) groups is 2. The summed E-state index contributed by atoms with van der Waals surface area (Å²) in [6.45, 7) is 1.75. The molecule has 2 aromatic rings. The van der Waals surface area contributed by atoms with Crippen LogP contribution in [0.5, 0.6) is 0 Å². The molecule has 2 amide bonds. The molecule has 2 aromatic carbocycles. The van der Waals surface area contributed by atoms with Crippen molar-refractivity contribution in [2.45, 2.75) is 6.92 Å². The van der Waals surface area contributed by atoms with E-state index >= 15 is 0 Å². The molecule has 0 aliphatic carbocycles. The average molecular weight is 382 g/mol. The van der Waals surface area contributed by atoms with Crippen LogP contribution in [0, 0.1) is 6.92 Å². The van der Waals surface area contributed by atoms with Gasteiger partial charge < -0.3 is 10.6 Å². The van der Waals surface area contributed by atoms with E-state index in [-0.39, 0.29) is 18.4 Å². The third-order valence-corrected chi connectivity index (χ3v) is 3.93. The average Bonchev–Trinajstić information content (AvgIpc) is 2.49. The van der Waals surface area contributed by atoms with E-state index < -0.39 is 0 Å². The van der Waals surface area contributed by atoms with E-state index in [1.54, 1.807) is 30.3 Å². The molecule has 0 unspecified atom stereocenters. The summed E-state index contributed by atoms with van der Waals surface area (Å²) in [7, 11) is 0. The highest BCUT2D eigenvalue weighted by Gasteiger charge is 2.11. The van der Waals surface area contributed by atoms with Gasteiger partial charge in [0.05, 0.1) is 12.1 Å². The lowest BCUT2D eigenvalue weighted by molar-refractivity contribution is -0.115. The number of aryl methyl sites for hydroxylation is 1. The smallest absolute Gasteiger partial charge is 0.252 e. The van der Waals surface area contributed by atoms with E-state index in [0.717, 1.165) is 5.56 Å². The maximum atomic E-state index is 12.0. The van der Waals surface area contributed by atoms with E-state index in [2.05, 4.69) is 26.6 Å². The standard InChI is InChI=1S/C16H14BrClN2O2/c1-10-6-7-11(18)8-14(10)20-15(21)9-19-16(22)12-4-2-3-5-13(12)17/h2-8H,9H2,1H3,(H,19,22)(H,20,21). The summed E-state index contributed by atoms with van der Waals surface area (Å²) in [6, 6.07) is 12.3. The van der Waals surface area contributed by atoms with Gasteiger partial charge in [0.25, 0.3) is 5.91 Å². The van der Waals surface area contributed by atoms with Crippen LogP contribution in [0.4, 0.5) is 5.69 Å². The number of nitrogens with one attached hydrogen (secondary N) is 2. The molecule has 0 bridgehead atoms. The second-order valence-electron chi connectivity index (χ2n) is 4.67. The Morgan fingerprint density at radius 3 is 2.64 bits per heavy atom. The Labute approximate surface area is 142 Å². The number of anilines is 1. The van der Waals surface area contributed by atoms with Crippen LogP contribution in [0.15, 0.2) is 46.9 Å². The van der Waals surface area contributed by atoms with Crippen LogP contribution >= 0.6 is 27.5 Å². The molecule has 0 saturated carbocycles. The summed E-state index contributed by atoms with van der Waals surface area (Å²) in [4.78, 5) is 23.9. The van der Waals surface area contributed by atoms with Gasteiger partial charge in [0.1, 0.15) is 0 Å². The normalized spacial score (nSPS) is 10.1. The lowest BCUT2D eigenvalue weighted by atomic mass is 10.2. The molecule has 6 heteroatoms. The molecule has 0 radical (unpaired) electrons. The summed E-state index contributed by atoms with van der Waals surface area (Å²) in [5, 5.41) is 5.84. The van der Waals surface area contributed by atoms with E-state index in [1.807, 2.05) is 19.1 Å². The Hall–Kier alpha value is -1.85. The molecule has 4 nitrogen and oxygen atoms in total. The van der Waals surface area contributed by atoms with Gasteiger partial charge in [-0.2, -0.15) is 0 Å². The van der Waals surface area contributed by atoms with Gasteiger partial charge in [-0.3, -0.25) is 9.59 Å². The van der Waals surface area contributed by atoms with Crippen molar-refractivity contribution in [2.24, 2.45) is 0 Å². The Balaban J connectivity index is 1.94. The minimum absolute atomic E-state index is 0.119. The lowest BCUT2D eigenvalue weighted by Gasteiger charge is -2.10. The number of rotatable bonds is 4. The van der Waals surface area contributed by atoms with E-state index in [1.165, 1.54) is 0 Å². The van der Waals surface area contributed by atoms with Gasteiger partial charge in [-0.15, -0.1) is 0 Å². The third kappa shape index (κ3) is 4.32. The van der Waals surface area contributed by atoms with Gasteiger partial charge in [0, 0.05) is 15.2 Å². The topological polar surface area (TPSA) is 58.2 Å². The highest BCUT2D eigenvalue weighted by atomic mass is 79.9. The van der Waals surface area contributed by atoms with Crippen molar-refractivity contribution in [2.75, 3.05) is 11.9 Å². The molecule has 0 aliphatic rings.